The van der Waals surface area contributed by atoms with Crippen LogP contribution in [0.1, 0.15) is 49.6 Å². The summed E-state index contributed by atoms with van der Waals surface area (Å²) in [6.07, 6.45) is 4.05. The molecule has 7 heteroatoms. The zero-order valence-electron chi connectivity index (χ0n) is 22.4. The van der Waals surface area contributed by atoms with Crippen LogP contribution in [-0.2, 0) is 27.8 Å². The first-order chi connectivity index (χ1) is 18.3. The average molecular weight is 513 g/mol. The van der Waals surface area contributed by atoms with Crippen LogP contribution >= 0.6 is 0 Å². The van der Waals surface area contributed by atoms with Crippen molar-refractivity contribution in [2.45, 2.75) is 45.4 Å². The smallest absolute Gasteiger partial charge is 0.227 e. The van der Waals surface area contributed by atoms with Crippen molar-refractivity contribution >= 4 is 17.4 Å². The lowest BCUT2D eigenvalue weighted by molar-refractivity contribution is -0.120. The van der Waals surface area contributed by atoms with E-state index in [4.69, 9.17) is 14.9 Å². The summed E-state index contributed by atoms with van der Waals surface area (Å²) in [6, 6.07) is 17.9. The van der Waals surface area contributed by atoms with E-state index in [-0.39, 0.29) is 17.2 Å². The Balaban J connectivity index is 1.25. The molecule has 1 unspecified atom stereocenters. The number of fused-ring (bicyclic) bond motifs is 1. The lowest BCUT2D eigenvalue weighted by atomic mass is 9.83. The SMILES string of the molecule is CC(C)(C)c1cccc(NC(=O)C2CCc3ccc(Oc4ccnc(C(=N)N5CCOCC5)c4)cc3C2)c1. The summed E-state index contributed by atoms with van der Waals surface area (Å²) < 4.78 is 11.6. The predicted octanol–water partition coefficient (Wildman–Crippen LogP) is 5.57. The summed E-state index contributed by atoms with van der Waals surface area (Å²) in [4.78, 5) is 19.5. The lowest BCUT2D eigenvalue weighted by Gasteiger charge is -2.28. The van der Waals surface area contributed by atoms with Crippen LogP contribution in [0.4, 0.5) is 5.69 Å². The van der Waals surface area contributed by atoms with Gasteiger partial charge in [-0.3, -0.25) is 15.2 Å². The van der Waals surface area contributed by atoms with E-state index in [9.17, 15) is 4.79 Å². The Bertz CT molecular complexity index is 1320. The van der Waals surface area contributed by atoms with Gasteiger partial charge in [0, 0.05) is 37.0 Å². The molecule has 5 rings (SSSR count). The standard InChI is InChI=1S/C31H36N4O3/c1-31(2,3)24-5-4-6-25(19-24)34-30(36)22-8-7-21-9-10-26(18-23(21)17-22)38-27-11-12-33-28(20-27)29(32)35-13-15-37-16-14-35/h4-6,9-12,18-20,22,32H,7-8,13-17H2,1-3H3,(H,34,36). The lowest BCUT2D eigenvalue weighted by Crippen LogP contribution is -2.41. The Kier molecular flexibility index (Phi) is 7.47. The number of aromatic nitrogens is 1. The monoisotopic (exact) mass is 512 g/mol. The minimum absolute atomic E-state index is 0.0271. The van der Waals surface area contributed by atoms with Crippen molar-refractivity contribution in [3.05, 3.63) is 83.2 Å². The van der Waals surface area contributed by atoms with Crippen molar-refractivity contribution in [2.24, 2.45) is 5.92 Å². The number of carbonyl (C=O) groups is 1. The molecular weight excluding hydrogens is 476 g/mol. The van der Waals surface area contributed by atoms with Crippen molar-refractivity contribution < 1.29 is 14.3 Å². The van der Waals surface area contributed by atoms with Gasteiger partial charge in [0.25, 0.3) is 0 Å². The number of aryl methyl sites for hydroxylation is 1. The Morgan fingerprint density at radius 3 is 2.63 bits per heavy atom. The number of anilines is 1. The zero-order chi connectivity index (χ0) is 26.7. The van der Waals surface area contributed by atoms with Gasteiger partial charge >= 0.3 is 0 Å². The molecule has 2 N–H and O–H groups in total. The van der Waals surface area contributed by atoms with Gasteiger partial charge in [0.2, 0.25) is 5.91 Å². The predicted molar refractivity (Wildman–Crippen MR) is 149 cm³/mol. The number of rotatable bonds is 5. The molecule has 1 fully saturated rings. The van der Waals surface area contributed by atoms with Crippen LogP contribution in [0.2, 0.25) is 0 Å². The second-order valence-electron chi connectivity index (χ2n) is 11.1. The summed E-state index contributed by atoms with van der Waals surface area (Å²) in [7, 11) is 0. The number of carbonyl (C=O) groups excluding carboxylic acids is 1. The fourth-order valence-corrected chi connectivity index (χ4v) is 5.02. The van der Waals surface area contributed by atoms with E-state index in [1.165, 1.54) is 11.1 Å². The maximum absolute atomic E-state index is 13.2. The number of morpholine rings is 1. The molecular formula is C31H36N4O3. The number of hydrogen-bond donors (Lipinski definition) is 2. The molecule has 1 atom stereocenters. The third-order valence-electron chi connectivity index (χ3n) is 7.31. The highest BCUT2D eigenvalue weighted by atomic mass is 16.5. The number of benzene rings is 2. The number of nitrogens with zero attached hydrogens (tertiary/aromatic N) is 2. The normalized spacial score (nSPS) is 17.4. The van der Waals surface area contributed by atoms with Gasteiger partial charge in [-0.15, -0.1) is 0 Å². The average Bonchev–Trinajstić information content (AvgIpc) is 2.92. The third kappa shape index (κ3) is 6.05. The van der Waals surface area contributed by atoms with Gasteiger partial charge < -0.3 is 19.7 Å². The topological polar surface area (TPSA) is 87.5 Å². The summed E-state index contributed by atoms with van der Waals surface area (Å²) in [5, 5.41) is 11.7. The Labute approximate surface area is 224 Å². The first kappa shape index (κ1) is 25.9. The largest absolute Gasteiger partial charge is 0.457 e. The molecule has 1 aliphatic heterocycles. The van der Waals surface area contributed by atoms with E-state index in [0.717, 1.165) is 29.8 Å². The van der Waals surface area contributed by atoms with E-state index >= 15 is 0 Å². The van der Waals surface area contributed by atoms with Gasteiger partial charge in [0.05, 0.1) is 13.2 Å². The molecule has 0 bridgehead atoms. The minimum Gasteiger partial charge on any atom is -0.457 e. The van der Waals surface area contributed by atoms with Crippen LogP contribution in [0.3, 0.4) is 0 Å². The van der Waals surface area contributed by atoms with Crippen molar-refractivity contribution in [1.29, 1.82) is 5.41 Å². The molecule has 1 aromatic heterocycles. The molecule has 2 aliphatic rings. The molecule has 0 radical (unpaired) electrons. The van der Waals surface area contributed by atoms with Crippen LogP contribution in [0.15, 0.2) is 60.8 Å². The van der Waals surface area contributed by atoms with Gasteiger partial charge in [-0.1, -0.05) is 39.0 Å². The van der Waals surface area contributed by atoms with Crippen molar-refractivity contribution in [3.63, 3.8) is 0 Å². The minimum atomic E-state index is -0.0856. The Morgan fingerprint density at radius 2 is 1.84 bits per heavy atom. The first-order valence-corrected chi connectivity index (χ1v) is 13.3. The molecule has 3 aromatic rings. The summed E-state index contributed by atoms with van der Waals surface area (Å²) >= 11 is 0. The van der Waals surface area contributed by atoms with Crippen LogP contribution in [0, 0.1) is 11.3 Å². The van der Waals surface area contributed by atoms with Crippen molar-refractivity contribution in [3.8, 4) is 11.5 Å². The fraction of sp³-hybridized carbons (Fsp3) is 0.387. The van der Waals surface area contributed by atoms with E-state index in [1.54, 1.807) is 18.3 Å². The molecule has 1 aliphatic carbocycles. The van der Waals surface area contributed by atoms with E-state index in [2.05, 4.69) is 49.3 Å². The molecule has 0 saturated carbocycles. The summed E-state index contributed by atoms with van der Waals surface area (Å²) in [6.45, 7) is 9.14. The number of hydrogen-bond acceptors (Lipinski definition) is 5. The molecule has 2 heterocycles. The maximum atomic E-state index is 13.2. The third-order valence-corrected chi connectivity index (χ3v) is 7.31. The van der Waals surface area contributed by atoms with Crippen LogP contribution in [0.25, 0.3) is 0 Å². The van der Waals surface area contributed by atoms with Gasteiger partial charge in [-0.25, -0.2) is 0 Å². The van der Waals surface area contributed by atoms with Crippen LogP contribution < -0.4 is 10.1 Å². The van der Waals surface area contributed by atoms with Gasteiger partial charge in [-0.05, 0) is 71.7 Å². The summed E-state index contributed by atoms with van der Waals surface area (Å²) in [5.41, 5.74) is 5.06. The molecule has 198 valence electrons. The molecule has 0 spiro atoms. The van der Waals surface area contributed by atoms with Crippen LogP contribution in [0.5, 0.6) is 11.5 Å². The number of nitrogens with one attached hydrogen (secondary N) is 2. The van der Waals surface area contributed by atoms with Crippen molar-refractivity contribution in [2.75, 3.05) is 31.6 Å². The zero-order valence-corrected chi connectivity index (χ0v) is 22.4. The first-order valence-electron chi connectivity index (χ1n) is 13.3. The molecule has 1 saturated heterocycles. The molecule has 1 amide bonds. The number of amidine groups is 1. The Morgan fingerprint density at radius 1 is 1.05 bits per heavy atom. The number of ether oxygens (including phenoxy) is 2. The van der Waals surface area contributed by atoms with E-state index < -0.39 is 0 Å². The Hall–Kier alpha value is -3.71. The highest BCUT2D eigenvalue weighted by molar-refractivity contribution is 5.95. The summed E-state index contributed by atoms with van der Waals surface area (Å²) in [5.74, 6) is 1.71. The van der Waals surface area contributed by atoms with E-state index in [1.807, 2.05) is 29.2 Å². The van der Waals surface area contributed by atoms with Gasteiger partial charge in [0.15, 0.2) is 0 Å². The number of pyridine rings is 1. The molecule has 7 nitrogen and oxygen atoms in total. The van der Waals surface area contributed by atoms with Crippen LogP contribution in [-0.4, -0.2) is 47.9 Å². The van der Waals surface area contributed by atoms with E-state index in [0.29, 0.717) is 50.0 Å². The highest BCUT2D eigenvalue weighted by Crippen LogP contribution is 2.32. The number of amides is 1. The van der Waals surface area contributed by atoms with Crippen molar-refractivity contribution in [1.82, 2.24) is 9.88 Å². The maximum Gasteiger partial charge on any atom is 0.227 e. The van der Waals surface area contributed by atoms with Gasteiger partial charge in [-0.2, -0.15) is 0 Å². The second kappa shape index (κ2) is 11.0. The molecule has 38 heavy (non-hydrogen) atoms. The quantitative estimate of drug-likeness (QED) is 0.345. The second-order valence-corrected chi connectivity index (χ2v) is 11.1. The molecule has 2 aromatic carbocycles. The highest BCUT2D eigenvalue weighted by Gasteiger charge is 2.26. The van der Waals surface area contributed by atoms with Gasteiger partial charge in [0.1, 0.15) is 23.0 Å². The fourth-order valence-electron chi connectivity index (χ4n) is 5.02.